The minimum absolute atomic E-state index is 1.22. The Bertz CT molecular complexity index is 503. The van der Waals surface area contributed by atoms with E-state index in [-0.39, 0.29) is 0 Å². The van der Waals surface area contributed by atoms with Gasteiger partial charge in [0.25, 0.3) is 0 Å². The molecule has 0 heterocycles. The van der Waals surface area contributed by atoms with Gasteiger partial charge in [0.15, 0.2) is 0 Å². The maximum Gasteiger partial charge on any atom is 0.0123 e. The van der Waals surface area contributed by atoms with Crippen molar-refractivity contribution in [3.8, 4) is 0 Å². The summed E-state index contributed by atoms with van der Waals surface area (Å²) in [5.41, 5.74) is 0. The van der Waals surface area contributed by atoms with E-state index < -0.39 is 0 Å². The van der Waals surface area contributed by atoms with Crippen LogP contribution in [0, 0.1) is 0 Å². The van der Waals surface area contributed by atoms with Crippen molar-refractivity contribution in [2.24, 2.45) is 0 Å². The molecular formula is C17H20S3. The molecule has 0 aliphatic carbocycles. The summed E-state index contributed by atoms with van der Waals surface area (Å²) in [6, 6.07) is 17.7. The lowest BCUT2D eigenvalue weighted by Gasteiger charge is -2.05. The van der Waals surface area contributed by atoms with Crippen LogP contribution >= 0.6 is 35.3 Å². The third-order valence-electron chi connectivity index (χ3n) is 2.89. The summed E-state index contributed by atoms with van der Waals surface area (Å²) in [6.45, 7) is 2.24. The standard InChI is InChI=1S/C17H20S3/c1-3-4-13-19-15-7-11-17(12-8-15)20-16-9-5-14(18-2)6-10-16/h5-12H,3-4,13H2,1-2H3. The first-order valence-electron chi connectivity index (χ1n) is 6.86. The number of thioether (sulfide) groups is 2. The first-order chi connectivity index (χ1) is 9.81. The second-order valence-corrected chi connectivity index (χ2v) is 7.65. The predicted molar refractivity (Wildman–Crippen MR) is 94.4 cm³/mol. The Labute approximate surface area is 135 Å². The van der Waals surface area contributed by atoms with Crippen molar-refractivity contribution < 1.29 is 0 Å². The molecular weight excluding hydrogens is 300 g/mol. The Balaban J connectivity index is 1.92. The Kier molecular flexibility index (Phi) is 6.91. The second-order valence-electron chi connectivity index (χ2n) is 4.45. The van der Waals surface area contributed by atoms with Crippen LogP contribution in [0.1, 0.15) is 19.8 Å². The van der Waals surface area contributed by atoms with Crippen molar-refractivity contribution in [1.82, 2.24) is 0 Å². The summed E-state index contributed by atoms with van der Waals surface area (Å²) >= 11 is 5.56. The van der Waals surface area contributed by atoms with Gasteiger partial charge in [-0.3, -0.25) is 0 Å². The average molecular weight is 321 g/mol. The van der Waals surface area contributed by atoms with Gasteiger partial charge < -0.3 is 0 Å². The first kappa shape index (κ1) is 15.9. The van der Waals surface area contributed by atoms with Gasteiger partial charge in [0.1, 0.15) is 0 Å². The molecule has 106 valence electrons. The summed E-state index contributed by atoms with van der Waals surface area (Å²) in [4.78, 5) is 5.30. The lowest BCUT2D eigenvalue weighted by molar-refractivity contribution is 0.896. The fourth-order valence-corrected chi connectivity index (χ4v) is 3.94. The zero-order valence-corrected chi connectivity index (χ0v) is 14.4. The van der Waals surface area contributed by atoms with Crippen molar-refractivity contribution in [3.63, 3.8) is 0 Å². The van der Waals surface area contributed by atoms with Crippen molar-refractivity contribution in [2.75, 3.05) is 12.0 Å². The molecule has 2 aromatic rings. The second kappa shape index (κ2) is 8.71. The Morgan fingerprint density at radius 3 is 1.75 bits per heavy atom. The molecule has 0 bridgehead atoms. The van der Waals surface area contributed by atoms with Crippen LogP contribution in [0.4, 0.5) is 0 Å². The van der Waals surface area contributed by atoms with Crippen LogP contribution in [0.3, 0.4) is 0 Å². The normalized spacial score (nSPS) is 10.7. The van der Waals surface area contributed by atoms with Gasteiger partial charge in [-0.05, 0) is 67.0 Å². The fraction of sp³-hybridized carbons (Fsp3) is 0.294. The number of hydrogen-bond donors (Lipinski definition) is 0. The lowest BCUT2D eigenvalue weighted by Crippen LogP contribution is -1.79. The summed E-state index contributed by atoms with van der Waals surface area (Å²) in [5.74, 6) is 1.22. The Morgan fingerprint density at radius 2 is 1.25 bits per heavy atom. The molecule has 0 atom stereocenters. The predicted octanol–water partition coefficient (Wildman–Crippen LogP) is 6.45. The van der Waals surface area contributed by atoms with E-state index in [1.54, 1.807) is 11.8 Å². The molecule has 20 heavy (non-hydrogen) atoms. The largest absolute Gasteiger partial charge is 0.130 e. The van der Waals surface area contributed by atoms with Crippen molar-refractivity contribution in [3.05, 3.63) is 48.5 Å². The minimum atomic E-state index is 1.22. The zero-order valence-electron chi connectivity index (χ0n) is 12.0. The van der Waals surface area contributed by atoms with Gasteiger partial charge in [-0.2, -0.15) is 0 Å². The van der Waals surface area contributed by atoms with E-state index in [4.69, 9.17) is 0 Å². The van der Waals surface area contributed by atoms with Crippen LogP contribution in [0.5, 0.6) is 0 Å². The quantitative estimate of drug-likeness (QED) is 0.425. The van der Waals surface area contributed by atoms with Crippen molar-refractivity contribution in [2.45, 2.75) is 39.3 Å². The summed E-state index contributed by atoms with van der Waals surface area (Å²) in [6.07, 6.45) is 4.67. The summed E-state index contributed by atoms with van der Waals surface area (Å²) < 4.78 is 0. The fourth-order valence-electron chi connectivity index (χ4n) is 1.72. The van der Waals surface area contributed by atoms with Crippen molar-refractivity contribution >= 4 is 35.3 Å². The van der Waals surface area contributed by atoms with Gasteiger partial charge in [0.2, 0.25) is 0 Å². The third kappa shape index (κ3) is 5.12. The molecule has 0 N–H and O–H groups in total. The zero-order chi connectivity index (χ0) is 14.2. The monoisotopic (exact) mass is 320 g/mol. The number of rotatable bonds is 7. The van der Waals surface area contributed by atoms with Crippen LogP contribution in [0.15, 0.2) is 68.1 Å². The topological polar surface area (TPSA) is 0 Å². The molecule has 3 heteroatoms. The molecule has 0 aromatic heterocycles. The molecule has 2 aromatic carbocycles. The van der Waals surface area contributed by atoms with Crippen molar-refractivity contribution in [1.29, 1.82) is 0 Å². The molecule has 0 aliphatic heterocycles. The summed E-state index contributed by atoms with van der Waals surface area (Å²) in [5, 5.41) is 0. The van der Waals surface area contributed by atoms with Gasteiger partial charge in [-0.15, -0.1) is 23.5 Å². The maximum atomic E-state index is 2.24. The van der Waals surface area contributed by atoms with E-state index in [1.165, 1.54) is 38.2 Å². The highest BCUT2D eigenvalue weighted by Gasteiger charge is 1.99. The molecule has 0 saturated heterocycles. The maximum absolute atomic E-state index is 2.24. The Hall–Kier alpha value is -0.510. The lowest BCUT2D eigenvalue weighted by atomic mass is 10.4. The minimum Gasteiger partial charge on any atom is -0.130 e. The molecule has 0 fully saturated rings. The third-order valence-corrected chi connectivity index (χ3v) is 5.74. The highest BCUT2D eigenvalue weighted by Crippen LogP contribution is 2.30. The molecule has 0 radical (unpaired) electrons. The van der Waals surface area contributed by atoms with E-state index in [0.717, 1.165) is 0 Å². The van der Waals surface area contributed by atoms with E-state index in [1.807, 2.05) is 23.5 Å². The number of hydrogen-bond acceptors (Lipinski definition) is 3. The highest BCUT2D eigenvalue weighted by atomic mass is 32.2. The molecule has 0 spiro atoms. The SMILES string of the molecule is CCCCSc1ccc(Sc2ccc(SC)cc2)cc1. The molecule has 2 rings (SSSR count). The van der Waals surface area contributed by atoms with Gasteiger partial charge in [-0.25, -0.2) is 0 Å². The molecule has 0 unspecified atom stereocenters. The Morgan fingerprint density at radius 1 is 0.750 bits per heavy atom. The molecule has 0 saturated carbocycles. The molecule has 0 aliphatic rings. The average Bonchev–Trinajstić information content (AvgIpc) is 2.50. The summed E-state index contributed by atoms with van der Waals surface area (Å²) in [7, 11) is 0. The molecule has 0 amide bonds. The van der Waals surface area contributed by atoms with E-state index in [0.29, 0.717) is 0 Å². The number of unbranched alkanes of at least 4 members (excludes halogenated alkanes) is 1. The van der Waals surface area contributed by atoms with Gasteiger partial charge in [0, 0.05) is 19.6 Å². The van der Waals surface area contributed by atoms with E-state index in [2.05, 4.69) is 61.7 Å². The van der Waals surface area contributed by atoms with Gasteiger partial charge in [0.05, 0.1) is 0 Å². The van der Waals surface area contributed by atoms with Crippen LogP contribution in [-0.4, -0.2) is 12.0 Å². The van der Waals surface area contributed by atoms with Crippen LogP contribution < -0.4 is 0 Å². The highest BCUT2D eigenvalue weighted by molar-refractivity contribution is 8.00. The smallest absolute Gasteiger partial charge is 0.0123 e. The van der Waals surface area contributed by atoms with Crippen LogP contribution in [0.2, 0.25) is 0 Å². The van der Waals surface area contributed by atoms with Crippen LogP contribution in [-0.2, 0) is 0 Å². The van der Waals surface area contributed by atoms with E-state index in [9.17, 15) is 0 Å². The van der Waals surface area contributed by atoms with Gasteiger partial charge >= 0.3 is 0 Å². The van der Waals surface area contributed by atoms with E-state index >= 15 is 0 Å². The molecule has 0 nitrogen and oxygen atoms in total. The number of benzene rings is 2. The van der Waals surface area contributed by atoms with Gasteiger partial charge in [-0.1, -0.05) is 25.1 Å². The van der Waals surface area contributed by atoms with Crippen LogP contribution in [0.25, 0.3) is 0 Å². The first-order valence-corrected chi connectivity index (χ1v) is 9.89.